The topological polar surface area (TPSA) is 49.3 Å². The molecule has 2 rings (SSSR count). The van der Waals surface area contributed by atoms with Crippen molar-refractivity contribution >= 4 is 23.0 Å². The van der Waals surface area contributed by atoms with Gasteiger partial charge in [0.1, 0.15) is 5.82 Å². The Labute approximate surface area is 128 Å². The molecule has 1 aromatic heterocycles. The summed E-state index contributed by atoms with van der Waals surface area (Å²) < 4.78 is 12.8. The molecule has 2 N–H and O–H groups in total. The summed E-state index contributed by atoms with van der Waals surface area (Å²) in [4.78, 5) is 4.03. The average molecular weight is 302 g/mol. The Morgan fingerprint density at radius 1 is 1.29 bits per heavy atom. The van der Waals surface area contributed by atoms with Gasteiger partial charge in [-0.3, -0.25) is 10.4 Å². The van der Waals surface area contributed by atoms with Crippen molar-refractivity contribution in [2.75, 3.05) is 0 Å². The molecular formula is C15H15FN4S. The molecule has 0 saturated carbocycles. The number of hydrogen-bond donors (Lipinski definition) is 2. The molecule has 4 nitrogen and oxygen atoms in total. The van der Waals surface area contributed by atoms with E-state index in [2.05, 4.69) is 20.8 Å². The van der Waals surface area contributed by atoms with Crippen LogP contribution in [0.15, 0.2) is 53.9 Å². The van der Waals surface area contributed by atoms with E-state index < -0.39 is 0 Å². The van der Waals surface area contributed by atoms with E-state index in [1.807, 2.05) is 19.1 Å². The standard InChI is InChI=1S/C15H15FN4S/c1-11(13-3-2-8-17-10-13)19-20-15(21)18-9-12-4-6-14(16)7-5-12/h2-8,10H,9H2,1H3,(H2,18,20,21)/b19-11-. The van der Waals surface area contributed by atoms with Crippen LogP contribution in [-0.2, 0) is 6.54 Å². The number of hydrazone groups is 1. The summed E-state index contributed by atoms with van der Waals surface area (Å²) >= 11 is 5.13. The fourth-order valence-corrected chi connectivity index (χ4v) is 1.72. The second-order valence-corrected chi connectivity index (χ2v) is 4.77. The van der Waals surface area contributed by atoms with E-state index in [1.54, 1.807) is 24.5 Å². The lowest BCUT2D eigenvalue weighted by atomic mass is 10.2. The minimum absolute atomic E-state index is 0.254. The molecule has 1 heterocycles. The van der Waals surface area contributed by atoms with Crippen LogP contribution in [0.5, 0.6) is 0 Å². The highest BCUT2D eigenvalue weighted by Gasteiger charge is 1.99. The predicted molar refractivity (Wildman–Crippen MR) is 85.4 cm³/mol. The Kier molecular flexibility index (Phi) is 5.34. The maximum Gasteiger partial charge on any atom is 0.187 e. The lowest BCUT2D eigenvalue weighted by Gasteiger charge is -2.08. The second kappa shape index (κ2) is 7.44. The number of pyridine rings is 1. The van der Waals surface area contributed by atoms with Crippen LogP contribution in [0, 0.1) is 5.82 Å². The summed E-state index contributed by atoms with van der Waals surface area (Å²) in [5, 5.41) is 7.59. The van der Waals surface area contributed by atoms with Crippen molar-refractivity contribution in [1.29, 1.82) is 0 Å². The van der Waals surface area contributed by atoms with Gasteiger partial charge in [-0.05, 0) is 42.9 Å². The zero-order chi connectivity index (χ0) is 15.1. The lowest BCUT2D eigenvalue weighted by Crippen LogP contribution is -2.32. The number of hydrogen-bond acceptors (Lipinski definition) is 3. The number of nitrogens with zero attached hydrogens (tertiary/aromatic N) is 2. The van der Waals surface area contributed by atoms with Gasteiger partial charge in [-0.25, -0.2) is 4.39 Å². The van der Waals surface area contributed by atoms with E-state index in [0.717, 1.165) is 16.8 Å². The van der Waals surface area contributed by atoms with Gasteiger partial charge in [0.25, 0.3) is 0 Å². The van der Waals surface area contributed by atoms with Gasteiger partial charge in [0.2, 0.25) is 0 Å². The molecule has 0 aliphatic carbocycles. The highest BCUT2D eigenvalue weighted by molar-refractivity contribution is 7.80. The van der Waals surface area contributed by atoms with E-state index >= 15 is 0 Å². The number of aromatic nitrogens is 1. The quantitative estimate of drug-likeness (QED) is 0.518. The third-order valence-corrected chi connectivity index (χ3v) is 3.01. The first-order valence-electron chi connectivity index (χ1n) is 6.38. The van der Waals surface area contributed by atoms with Crippen LogP contribution < -0.4 is 10.7 Å². The van der Waals surface area contributed by atoms with Gasteiger partial charge in [0.15, 0.2) is 5.11 Å². The SMILES string of the molecule is C/C(=N/NC(=S)NCc1ccc(F)cc1)c1cccnc1. The van der Waals surface area contributed by atoms with Crippen LogP contribution in [0.4, 0.5) is 4.39 Å². The molecular weight excluding hydrogens is 287 g/mol. The van der Waals surface area contributed by atoms with Gasteiger partial charge < -0.3 is 5.32 Å². The summed E-state index contributed by atoms with van der Waals surface area (Å²) in [6.45, 7) is 2.38. The van der Waals surface area contributed by atoms with Gasteiger partial charge in [-0.1, -0.05) is 18.2 Å². The molecule has 0 aliphatic heterocycles. The van der Waals surface area contributed by atoms with Crippen molar-refractivity contribution in [3.8, 4) is 0 Å². The molecule has 0 spiro atoms. The van der Waals surface area contributed by atoms with Crippen molar-refractivity contribution in [3.05, 3.63) is 65.7 Å². The van der Waals surface area contributed by atoms with E-state index in [9.17, 15) is 4.39 Å². The van der Waals surface area contributed by atoms with Crippen molar-refractivity contribution in [3.63, 3.8) is 0 Å². The van der Waals surface area contributed by atoms with Crippen LogP contribution in [0.3, 0.4) is 0 Å². The first kappa shape index (κ1) is 15.1. The van der Waals surface area contributed by atoms with E-state index in [-0.39, 0.29) is 5.82 Å². The fourth-order valence-electron chi connectivity index (χ4n) is 1.60. The number of nitrogens with one attached hydrogen (secondary N) is 2. The first-order valence-corrected chi connectivity index (χ1v) is 6.79. The van der Waals surface area contributed by atoms with E-state index in [1.165, 1.54) is 12.1 Å². The Morgan fingerprint density at radius 3 is 2.71 bits per heavy atom. The Morgan fingerprint density at radius 2 is 2.05 bits per heavy atom. The Balaban J connectivity index is 1.83. The van der Waals surface area contributed by atoms with Gasteiger partial charge in [-0.15, -0.1) is 0 Å². The molecule has 0 fully saturated rings. The molecule has 108 valence electrons. The van der Waals surface area contributed by atoms with Crippen molar-refractivity contribution in [1.82, 2.24) is 15.7 Å². The minimum atomic E-state index is -0.254. The van der Waals surface area contributed by atoms with Crippen LogP contribution in [0.25, 0.3) is 0 Å². The fraction of sp³-hybridized carbons (Fsp3) is 0.133. The molecule has 0 amide bonds. The molecule has 6 heteroatoms. The molecule has 0 bridgehead atoms. The summed E-state index contributed by atoms with van der Waals surface area (Å²) in [5.74, 6) is -0.254. The van der Waals surface area contributed by atoms with Crippen molar-refractivity contribution < 1.29 is 4.39 Å². The summed E-state index contributed by atoms with van der Waals surface area (Å²) in [6.07, 6.45) is 3.44. The van der Waals surface area contributed by atoms with E-state index in [4.69, 9.17) is 12.2 Å². The highest BCUT2D eigenvalue weighted by Crippen LogP contribution is 2.02. The van der Waals surface area contributed by atoms with Crippen LogP contribution >= 0.6 is 12.2 Å². The van der Waals surface area contributed by atoms with Crippen LogP contribution in [0.1, 0.15) is 18.1 Å². The Bertz CT molecular complexity index is 626. The maximum absolute atomic E-state index is 12.8. The van der Waals surface area contributed by atoms with Gasteiger partial charge in [0.05, 0.1) is 5.71 Å². The summed E-state index contributed by atoms with van der Waals surface area (Å²) in [7, 11) is 0. The monoisotopic (exact) mass is 302 g/mol. The normalized spacial score (nSPS) is 11.0. The number of halogens is 1. The van der Waals surface area contributed by atoms with Gasteiger partial charge >= 0.3 is 0 Å². The minimum Gasteiger partial charge on any atom is -0.357 e. The maximum atomic E-state index is 12.8. The molecule has 0 aliphatic rings. The molecule has 0 unspecified atom stereocenters. The van der Waals surface area contributed by atoms with E-state index in [0.29, 0.717) is 11.7 Å². The first-order chi connectivity index (χ1) is 10.1. The second-order valence-electron chi connectivity index (χ2n) is 4.36. The zero-order valence-corrected chi connectivity index (χ0v) is 12.3. The van der Waals surface area contributed by atoms with Crippen molar-refractivity contribution in [2.45, 2.75) is 13.5 Å². The van der Waals surface area contributed by atoms with Gasteiger partial charge in [0, 0.05) is 24.5 Å². The molecule has 0 saturated heterocycles. The van der Waals surface area contributed by atoms with Gasteiger partial charge in [-0.2, -0.15) is 5.10 Å². The average Bonchev–Trinajstić information content (AvgIpc) is 2.53. The lowest BCUT2D eigenvalue weighted by molar-refractivity contribution is 0.626. The molecule has 1 aromatic carbocycles. The molecule has 2 aromatic rings. The third kappa shape index (κ3) is 4.92. The highest BCUT2D eigenvalue weighted by atomic mass is 32.1. The predicted octanol–water partition coefficient (Wildman–Crippen LogP) is 2.61. The smallest absolute Gasteiger partial charge is 0.187 e. The number of benzene rings is 1. The molecule has 0 radical (unpaired) electrons. The third-order valence-electron chi connectivity index (χ3n) is 2.77. The Hall–Kier alpha value is -2.34. The number of thiocarbonyl (C=S) groups is 1. The van der Waals surface area contributed by atoms with Crippen LogP contribution in [-0.4, -0.2) is 15.8 Å². The summed E-state index contributed by atoms with van der Waals surface area (Å²) in [5.41, 5.74) is 5.42. The molecule has 0 atom stereocenters. The largest absolute Gasteiger partial charge is 0.357 e. The van der Waals surface area contributed by atoms with Crippen LogP contribution in [0.2, 0.25) is 0 Å². The zero-order valence-electron chi connectivity index (χ0n) is 11.5. The number of rotatable bonds is 4. The summed E-state index contributed by atoms with van der Waals surface area (Å²) in [6, 6.07) is 10.0. The molecule has 21 heavy (non-hydrogen) atoms. The van der Waals surface area contributed by atoms with Crippen molar-refractivity contribution in [2.24, 2.45) is 5.10 Å².